The van der Waals surface area contributed by atoms with Gasteiger partial charge in [0.05, 0.1) is 19.1 Å². The zero-order valence-corrected chi connectivity index (χ0v) is 14.7. The molecule has 1 aromatic carbocycles. The lowest BCUT2D eigenvalue weighted by molar-refractivity contribution is -0.141. The number of benzene rings is 1. The maximum atomic E-state index is 12.0. The summed E-state index contributed by atoms with van der Waals surface area (Å²) in [6.45, 7) is 4.52. The zero-order valence-electron chi connectivity index (χ0n) is 13.9. The highest BCUT2D eigenvalue weighted by molar-refractivity contribution is 5.85. The third-order valence-electron chi connectivity index (χ3n) is 3.85. The highest BCUT2D eigenvalue weighted by atomic mass is 35.5. The number of carbonyl (C=O) groups excluding carboxylic acids is 1. The van der Waals surface area contributed by atoms with Gasteiger partial charge in [-0.1, -0.05) is 19.1 Å². The maximum Gasteiger partial charge on any atom is 0.307 e. The lowest BCUT2D eigenvalue weighted by atomic mass is 10.1. The number of nitrogens with one attached hydrogen (secondary N) is 1. The first kappa shape index (κ1) is 20.3. The van der Waals surface area contributed by atoms with Crippen LogP contribution in [0.5, 0.6) is 5.75 Å². The van der Waals surface area contributed by atoms with Crippen LogP contribution in [0.2, 0.25) is 0 Å². The summed E-state index contributed by atoms with van der Waals surface area (Å²) in [4.78, 5) is 24.8. The molecule has 1 heterocycles. The van der Waals surface area contributed by atoms with Gasteiger partial charge in [0.1, 0.15) is 5.75 Å². The molecule has 7 heteroatoms. The van der Waals surface area contributed by atoms with Crippen molar-refractivity contribution in [2.75, 3.05) is 26.2 Å². The minimum absolute atomic E-state index is 0. The van der Waals surface area contributed by atoms with Crippen molar-refractivity contribution in [2.45, 2.75) is 26.3 Å². The van der Waals surface area contributed by atoms with Crippen LogP contribution < -0.4 is 10.1 Å². The molecule has 1 unspecified atom stereocenters. The number of likely N-dealkylation sites (tertiary alicyclic amines) is 1. The van der Waals surface area contributed by atoms with Gasteiger partial charge in [-0.25, -0.2) is 0 Å². The molecule has 1 fully saturated rings. The van der Waals surface area contributed by atoms with Gasteiger partial charge in [-0.3, -0.25) is 14.5 Å². The molecule has 0 spiro atoms. The largest absolute Gasteiger partial charge is 0.494 e. The number of hydrogen-bond donors (Lipinski definition) is 2. The van der Waals surface area contributed by atoms with E-state index >= 15 is 0 Å². The van der Waals surface area contributed by atoms with E-state index in [1.54, 1.807) is 0 Å². The van der Waals surface area contributed by atoms with Gasteiger partial charge in [0.2, 0.25) is 5.91 Å². The second-order valence-electron chi connectivity index (χ2n) is 5.83. The van der Waals surface area contributed by atoms with E-state index in [-0.39, 0.29) is 30.8 Å². The van der Waals surface area contributed by atoms with Crippen LogP contribution in [0.1, 0.15) is 25.3 Å². The fraction of sp³-hybridized carbons (Fsp3) is 0.529. The Morgan fingerprint density at radius 2 is 2.21 bits per heavy atom. The average molecular weight is 357 g/mol. The van der Waals surface area contributed by atoms with Crippen LogP contribution in [-0.2, 0) is 16.1 Å². The molecule has 0 saturated carbocycles. The first-order valence-corrected chi connectivity index (χ1v) is 8.02. The molecule has 1 aliphatic rings. The first-order chi connectivity index (χ1) is 11.1. The van der Waals surface area contributed by atoms with Crippen LogP contribution in [0.4, 0.5) is 0 Å². The molecular weight excluding hydrogens is 332 g/mol. The summed E-state index contributed by atoms with van der Waals surface area (Å²) in [5.74, 6) is -0.412. The predicted octanol–water partition coefficient (Wildman–Crippen LogP) is 1.92. The van der Waals surface area contributed by atoms with E-state index in [4.69, 9.17) is 9.84 Å². The fourth-order valence-electron chi connectivity index (χ4n) is 2.60. The summed E-state index contributed by atoms with van der Waals surface area (Å²) in [5.41, 5.74) is 0.983. The van der Waals surface area contributed by atoms with Gasteiger partial charge < -0.3 is 15.2 Å². The number of aliphatic carboxylic acids is 1. The van der Waals surface area contributed by atoms with E-state index in [0.717, 1.165) is 17.7 Å². The topological polar surface area (TPSA) is 78.9 Å². The van der Waals surface area contributed by atoms with Crippen molar-refractivity contribution >= 4 is 24.3 Å². The quantitative estimate of drug-likeness (QED) is 0.744. The Hall–Kier alpha value is -1.79. The van der Waals surface area contributed by atoms with Gasteiger partial charge in [0.25, 0.3) is 0 Å². The van der Waals surface area contributed by atoms with Crippen molar-refractivity contribution in [2.24, 2.45) is 5.92 Å². The molecule has 1 amide bonds. The molecule has 0 bridgehead atoms. The smallest absolute Gasteiger partial charge is 0.307 e. The van der Waals surface area contributed by atoms with Crippen molar-refractivity contribution in [3.8, 4) is 5.75 Å². The van der Waals surface area contributed by atoms with Crippen molar-refractivity contribution in [1.82, 2.24) is 10.2 Å². The molecule has 6 nitrogen and oxygen atoms in total. The van der Waals surface area contributed by atoms with E-state index < -0.39 is 5.97 Å². The summed E-state index contributed by atoms with van der Waals surface area (Å²) in [5, 5.41) is 11.8. The Balaban J connectivity index is 0.00000288. The van der Waals surface area contributed by atoms with Gasteiger partial charge in [-0.05, 0) is 37.1 Å². The summed E-state index contributed by atoms with van der Waals surface area (Å²) in [6.07, 6.45) is 1.56. The number of ether oxygens (including phenoxy) is 1. The van der Waals surface area contributed by atoms with Gasteiger partial charge in [-0.2, -0.15) is 0 Å². The maximum absolute atomic E-state index is 12.0. The summed E-state index contributed by atoms with van der Waals surface area (Å²) < 4.78 is 5.57. The molecular formula is C17H25ClN2O4. The van der Waals surface area contributed by atoms with Gasteiger partial charge in [0.15, 0.2) is 0 Å². The van der Waals surface area contributed by atoms with Crippen LogP contribution in [0.25, 0.3) is 0 Å². The van der Waals surface area contributed by atoms with Crippen molar-refractivity contribution in [1.29, 1.82) is 0 Å². The third kappa shape index (κ3) is 6.37. The highest BCUT2D eigenvalue weighted by Gasteiger charge is 2.28. The Morgan fingerprint density at radius 1 is 1.42 bits per heavy atom. The standard InChI is InChI=1S/C17H24N2O4.ClH/c1-2-8-23-15-5-3-4-13(9-15)10-18-16(20)12-19-7-6-14(11-19)17(21)22;/h3-5,9,14H,2,6-8,10-12H2,1H3,(H,18,20)(H,21,22);1H. The normalized spacial score (nSPS) is 17.1. The second kappa shape index (κ2) is 10.2. The number of rotatable bonds is 8. The second-order valence-corrected chi connectivity index (χ2v) is 5.83. The summed E-state index contributed by atoms with van der Waals surface area (Å²) >= 11 is 0. The number of carboxylic acids is 1. The van der Waals surface area contributed by atoms with Gasteiger partial charge >= 0.3 is 5.97 Å². The summed E-state index contributed by atoms with van der Waals surface area (Å²) in [6, 6.07) is 7.67. The van der Waals surface area contributed by atoms with Crippen LogP contribution in [0, 0.1) is 5.92 Å². The monoisotopic (exact) mass is 356 g/mol. The van der Waals surface area contributed by atoms with Crippen molar-refractivity contribution in [3.63, 3.8) is 0 Å². The number of carboxylic acid groups (broad SMARTS) is 1. The number of halogens is 1. The molecule has 1 saturated heterocycles. The number of hydrogen-bond acceptors (Lipinski definition) is 4. The first-order valence-electron chi connectivity index (χ1n) is 8.02. The molecule has 24 heavy (non-hydrogen) atoms. The Morgan fingerprint density at radius 3 is 2.88 bits per heavy atom. The van der Waals surface area contributed by atoms with Crippen molar-refractivity contribution in [3.05, 3.63) is 29.8 Å². The van der Waals surface area contributed by atoms with Crippen LogP contribution in [-0.4, -0.2) is 48.1 Å². The molecule has 1 aromatic rings. The molecule has 2 rings (SSSR count). The minimum Gasteiger partial charge on any atom is -0.494 e. The number of nitrogens with zero attached hydrogens (tertiary/aromatic N) is 1. The number of amides is 1. The Labute approximate surface area is 148 Å². The van der Waals surface area contributed by atoms with Crippen LogP contribution in [0.15, 0.2) is 24.3 Å². The van der Waals surface area contributed by atoms with Crippen LogP contribution >= 0.6 is 12.4 Å². The minimum atomic E-state index is -0.781. The van der Waals surface area contributed by atoms with E-state index in [2.05, 4.69) is 12.2 Å². The van der Waals surface area contributed by atoms with Crippen LogP contribution in [0.3, 0.4) is 0 Å². The molecule has 1 aliphatic heterocycles. The van der Waals surface area contributed by atoms with E-state index in [0.29, 0.717) is 32.7 Å². The Kier molecular flexibility index (Phi) is 8.57. The highest BCUT2D eigenvalue weighted by Crippen LogP contribution is 2.16. The molecule has 134 valence electrons. The molecule has 0 radical (unpaired) electrons. The third-order valence-corrected chi connectivity index (χ3v) is 3.85. The molecule has 0 aromatic heterocycles. The molecule has 2 N–H and O–H groups in total. The SMILES string of the molecule is CCCOc1cccc(CNC(=O)CN2CCC(C(=O)O)C2)c1.Cl. The van der Waals surface area contributed by atoms with Gasteiger partial charge in [0, 0.05) is 13.1 Å². The summed E-state index contributed by atoms with van der Waals surface area (Å²) in [7, 11) is 0. The fourth-order valence-corrected chi connectivity index (χ4v) is 2.60. The van der Waals surface area contributed by atoms with E-state index in [1.807, 2.05) is 29.2 Å². The zero-order chi connectivity index (χ0) is 16.7. The number of carbonyl (C=O) groups is 2. The van der Waals surface area contributed by atoms with E-state index in [9.17, 15) is 9.59 Å². The lowest BCUT2D eigenvalue weighted by Gasteiger charge is -2.15. The predicted molar refractivity (Wildman–Crippen MR) is 93.5 cm³/mol. The molecule has 0 aliphatic carbocycles. The average Bonchev–Trinajstić information content (AvgIpc) is 3.00. The lowest BCUT2D eigenvalue weighted by Crippen LogP contribution is -2.36. The Bertz CT molecular complexity index is 553. The van der Waals surface area contributed by atoms with E-state index in [1.165, 1.54) is 0 Å². The van der Waals surface area contributed by atoms with Gasteiger partial charge in [-0.15, -0.1) is 12.4 Å². The van der Waals surface area contributed by atoms with Crippen molar-refractivity contribution < 1.29 is 19.4 Å². The molecule has 1 atom stereocenters.